The van der Waals surface area contributed by atoms with Gasteiger partial charge in [-0.15, -0.1) is 11.3 Å². The van der Waals surface area contributed by atoms with E-state index in [2.05, 4.69) is 16.0 Å². The summed E-state index contributed by atoms with van der Waals surface area (Å²) in [7, 11) is 1.58. The zero-order valence-corrected chi connectivity index (χ0v) is 18.1. The maximum absolute atomic E-state index is 12.8. The maximum atomic E-state index is 12.8. The van der Waals surface area contributed by atoms with Crippen molar-refractivity contribution >= 4 is 33.2 Å². The van der Waals surface area contributed by atoms with Gasteiger partial charge in [-0.05, 0) is 68.9 Å². The second-order valence-corrected chi connectivity index (χ2v) is 8.64. The number of aromatic nitrogens is 2. The molecule has 0 spiro atoms. The van der Waals surface area contributed by atoms with E-state index in [4.69, 9.17) is 9.47 Å². The van der Waals surface area contributed by atoms with E-state index >= 15 is 0 Å². The number of hydrogen-bond acceptors (Lipinski definition) is 6. The van der Waals surface area contributed by atoms with Crippen molar-refractivity contribution in [2.45, 2.75) is 45.6 Å². The molecule has 30 heavy (non-hydrogen) atoms. The lowest BCUT2D eigenvalue weighted by Crippen LogP contribution is -2.12. The number of nitriles is 1. The molecule has 4 rings (SSSR count). The third-order valence-corrected chi connectivity index (χ3v) is 6.25. The van der Waals surface area contributed by atoms with Gasteiger partial charge in [-0.25, -0.2) is 4.98 Å². The molecule has 0 unspecified atom stereocenters. The Kier molecular flexibility index (Phi) is 5.60. The molecule has 1 aromatic carbocycles. The number of rotatable bonds is 5. The third-order valence-electron chi connectivity index (χ3n) is 5.06. The molecule has 0 atom stereocenters. The van der Waals surface area contributed by atoms with Crippen LogP contribution in [-0.4, -0.2) is 23.2 Å². The fourth-order valence-electron chi connectivity index (χ4n) is 3.74. The van der Waals surface area contributed by atoms with Crippen molar-refractivity contribution in [2.24, 2.45) is 0 Å². The highest BCUT2D eigenvalue weighted by atomic mass is 32.1. The number of methoxy groups -OCH3 is 1. The number of thiophene rings is 1. The molecular formula is C23H23N3O3S. The molecule has 0 radical (unpaired) electrons. The first-order valence-electron chi connectivity index (χ1n) is 10.0. The highest BCUT2D eigenvalue weighted by Gasteiger charge is 2.20. The lowest BCUT2D eigenvalue weighted by atomic mass is 9.97. The largest absolute Gasteiger partial charge is 0.493 e. The summed E-state index contributed by atoms with van der Waals surface area (Å²) in [6.07, 6.45) is 5.88. The molecule has 0 bridgehead atoms. The van der Waals surface area contributed by atoms with Gasteiger partial charge in [0.1, 0.15) is 10.9 Å². The van der Waals surface area contributed by atoms with Gasteiger partial charge in [0.25, 0.3) is 5.56 Å². The predicted molar refractivity (Wildman–Crippen MR) is 119 cm³/mol. The summed E-state index contributed by atoms with van der Waals surface area (Å²) in [6.45, 7) is 3.89. The van der Waals surface area contributed by atoms with Crippen molar-refractivity contribution in [3.63, 3.8) is 0 Å². The summed E-state index contributed by atoms with van der Waals surface area (Å²) in [5.74, 6) is 1.51. The summed E-state index contributed by atoms with van der Waals surface area (Å²) < 4.78 is 11.2. The second-order valence-electron chi connectivity index (χ2n) is 7.55. The fourth-order valence-corrected chi connectivity index (χ4v) is 5.00. The topological polar surface area (TPSA) is 88.0 Å². The van der Waals surface area contributed by atoms with Crippen LogP contribution in [0.25, 0.3) is 21.9 Å². The summed E-state index contributed by atoms with van der Waals surface area (Å²) in [4.78, 5) is 22.2. The van der Waals surface area contributed by atoms with Crippen LogP contribution in [0.3, 0.4) is 0 Å². The average molecular weight is 422 g/mol. The zero-order valence-electron chi connectivity index (χ0n) is 17.2. The SMILES string of the molecule is COc1cc(/C=C(\C#N)c2nc3sc4c(c3c(=O)[nH]2)CCCC4)ccc1OC(C)C. The molecule has 7 heteroatoms. The molecule has 0 fully saturated rings. The zero-order chi connectivity index (χ0) is 21.3. The minimum absolute atomic E-state index is 0.0209. The van der Waals surface area contributed by atoms with Crippen LogP contribution < -0.4 is 15.0 Å². The van der Waals surface area contributed by atoms with Crippen molar-refractivity contribution in [1.82, 2.24) is 9.97 Å². The molecule has 1 aliphatic carbocycles. The van der Waals surface area contributed by atoms with Gasteiger partial charge in [0.05, 0.1) is 24.2 Å². The number of ether oxygens (including phenoxy) is 2. The van der Waals surface area contributed by atoms with Crippen molar-refractivity contribution in [1.29, 1.82) is 5.26 Å². The second kappa shape index (κ2) is 8.33. The van der Waals surface area contributed by atoms with E-state index in [1.165, 1.54) is 4.88 Å². The van der Waals surface area contributed by atoms with Crippen molar-refractivity contribution in [3.05, 3.63) is 50.4 Å². The Hall–Kier alpha value is -3.11. The predicted octanol–water partition coefficient (Wildman–Crippen LogP) is 4.72. The van der Waals surface area contributed by atoms with E-state index in [1.807, 2.05) is 26.0 Å². The first-order valence-corrected chi connectivity index (χ1v) is 10.8. The van der Waals surface area contributed by atoms with Crippen molar-refractivity contribution in [2.75, 3.05) is 7.11 Å². The summed E-state index contributed by atoms with van der Waals surface area (Å²) in [5, 5.41) is 10.4. The number of aryl methyl sites for hydroxylation is 2. The van der Waals surface area contributed by atoms with E-state index in [0.717, 1.165) is 36.8 Å². The van der Waals surface area contributed by atoms with Crippen molar-refractivity contribution < 1.29 is 9.47 Å². The first kappa shape index (κ1) is 20.2. The molecule has 0 saturated carbocycles. The lowest BCUT2D eigenvalue weighted by molar-refractivity contribution is 0.230. The number of allylic oxidation sites excluding steroid dienone is 1. The van der Waals surface area contributed by atoms with Crippen LogP contribution in [0.15, 0.2) is 23.0 Å². The van der Waals surface area contributed by atoms with Gasteiger partial charge < -0.3 is 14.5 Å². The molecule has 2 aromatic heterocycles. The van der Waals surface area contributed by atoms with Crippen LogP contribution in [0.5, 0.6) is 11.5 Å². The molecule has 1 aliphatic rings. The Balaban J connectivity index is 1.75. The van der Waals surface area contributed by atoms with Gasteiger partial charge in [0.2, 0.25) is 0 Å². The van der Waals surface area contributed by atoms with E-state index in [1.54, 1.807) is 30.6 Å². The summed E-state index contributed by atoms with van der Waals surface area (Å²) in [5.41, 5.74) is 2.01. The van der Waals surface area contributed by atoms with Gasteiger partial charge in [-0.2, -0.15) is 5.26 Å². The Labute approximate surface area is 178 Å². The molecule has 6 nitrogen and oxygen atoms in total. The van der Waals surface area contributed by atoms with E-state index in [-0.39, 0.29) is 17.5 Å². The lowest BCUT2D eigenvalue weighted by Gasteiger charge is -2.13. The Morgan fingerprint density at radius 3 is 2.83 bits per heavy atom. The smallest absolute Gasteiger partial charge is 0.260 e. The molecule has 0 saturated heterocycles. The molecule has 0 amide bonds. The van der Waals surface area contributed by atoms with Gasteiger partial charge in [-0.1, -0.05) is 6.07 Å². The molecule has 1 N–H and O–H groups in total. The van der Waals surface area contributed by atoms with E-state index in [0.29, 0.717) is 27.3 Å². The quantitative estimate of drug-likeness (QED) is 0.602. The molecule has 154 valence electrons. The van der Waals surface area contributed by atoms with Crippen LogP contribution in [0.1, 0.15) is 48.5 Å². The maximum Gasteiger partial charge on any atom is 0.260 e. The molecule has 3 aromatic rings. The number of hydrogen-bond donors (Lipinski definition) is 1. The summed E-state index contributed by atoms with van der Waals surface area (Å²) in [6, 6.07) is 7.62. The monoisotopic (exact) mass is 421 g/mol. The van der Waals surface area contributed by atoms with Gasteiger partial charge >= 0.3 is 0 Å². The average Bonchev–Trinajstić information content (AvgIpc) is 3.11. The van der Waals surface area contributed by atoms with Crippen LogP contribution in [0.4, 0.5) is 0 Å². The molecule has 0 aliphatic heterocycles. The minimum atomic E-state index is -0.172. The minimum Gasteiger partial charge on any atom is -0.493 e. The van der Waals surface area contributed by atoms with Crippen molar-refractivity contribution in [3.8, 4) is 17.6 Å². The van der Waals surface area contributed by atoms with Gasteiger partial charge in [-0.3, -0.25) is 4.79 Å². The van der Waals surface area contributed by atoms with Crippen LogP contribution in [0.2, 0.25) is 0 Å². The number of fused-ring (bicyclic) bond motifs is 3. The summed E-state index contributed by atoms with van der Waals surface area (Å²) >= 11 is 1.57. The Morgan fingerprint density at radius 1 is 1.30 bits per heavy atom. The van der Waals surface area contributed by atoms with E-state index in [9.17, 15) is 10.1 Å². The normalized spacial score (nSPS) is 13.9. The Morgan fingerprint density at radius 2 is 2.10 bits per heavy atom. The first-order chi connectivity index (χ1) is 14.5. The molecular weight excluding hydrogens is 398 g/mol. The molecule has 2 heterocycles. The standard InChI is InChI=1S/C23H23N3O3S/c1-13(2)29-17-9-8-14(11-18(17)28-3)10-15(12-24)21-25-22(27)20-16-6-4-5-7-19(16)30-23(20)26-21/h8-11,13H,4-7H2,1-3H3,(H,25,26,27)/b15-10+. The van der Waals surface area contributed by atoms with Crippen LogP contribution >= 0.6 is 11.3 Å². The van der Waals surface area contributed by atoms with Gasteiger partial charge in [0, 0.05) is 4.88 Å². The third kappa shape index (κ3) is 3.83. The number of H-pyrrole nitrogens is 1. The number of benzene rings is 1. The van der Waals surface area contributed by atoms with Crippen LogP contribution in [0, 0.1) is 11.3 Å². The van der Waals surface area contributed by atoms with Gasteiger partial charge in [0.15, 0.2) is 17.3 Å². The van der Waals surface area contributed by atoms with E-state index < -0.39 is 0 Å². The van der Waals surface area contributed by atoms with Crippen LogP contribution in [-0.2, 0) is 12.8 Å². The highest BCUT2D eigenvalue weighted by Crippen LogP contribution is 2.34. The number of aromatic amines is 1. The fraction of sp³-hybridized carbons (Fsp3) is 0.348. The number of nitrogens with zero attached hydrogens (tertiary/aromatic N) is 2. The number of nitrogens with one attached hydrogen (secondary N) is 1. The highest BCUT2D eigenvalue weighted by molar-refractivity contribution is 7.18. The Bertz CT molecular complexity index is 1230.